The van der Waals surface area contributed by atoms with E-state index < -0.39 is 9.84 Å². The Hall–Kier alpha value is -3.44. The maximum Gasteiger partial charge on any atom is 0.234 e. The minimum absolute atomic E-state index is 0.0490. The fourth-order valence-corrected chi connectivity index (χ4v) is 5.05. The van der Waals surface area contributed by atoms with Crippen LogP contribution >= 0.6 is 11.8 Å². The number of nitrogens with zero attached hydrogens (tertiary/aromatic N) is 3. The van der Waals surface area contributed by atoms with Crippen molar-refractivity contribution in [1.29, 1.82) is 0 Å². The maximum absolute atomic E-state index is 12.8. The zero-order valence-corrected chi connectivity index (χ0v) is 20.4. The molecule has 0 unspecified atom stereocenters. The number of carbonyl (C=O) groups is 2. The fourth-order valence-electron chi connectivity index (χ4n) is 3.01. The lowest BCUT2D eigenvalue weighted by molar-refractivity contribution is -0.114. The Bertz CT molecular complexity index is 1280. The van der Waals surface area contributed by atoms with E-state index >= 15 is 0 Å². The molecule has 9 nitrogen and oxygen atoms in total. The van der Waals surface area contributed by atoms with Gasteiger partial charge in [-0.25, -0.2) is 8.42 Å². The van der Waals surface area contributed by atoms with Gasteiger partial charge >= 0.3 is 0 Å². The lowest BCUT2D eigenvalue weighted by Crippen LogP contribution is -2.15. The number of aryl methyl sites for hydroxylation is 1. The molecule has 0 saturated heterocycles. The summed E-state index contributed by atoms with van der Waals surface area (Å²) in [5.74, 6) is -0.434. The second-order valence-electron chi connectivity index (χ2n) is 7.47. The van der Waals surface area contributed by atoms with Crippen LogP contribution in [-0.4, -0.2) is 40.7 Å². The van der Waals surface area contributed by atoms with E-state index in [4.69, 9.17) is 0 Å². The van der Waals surface area contributed by atoms with Gasteiger partial charge in [0, 0.05) is 24.8 Å². The van der Waals surface area contributed by atoms with Crippen LogP contribution in [0.3, 0.4) is 0 Å². The molecule has 0 atom stereocenters. The molecule has 1 aromatic heterocycles. The first-order valence-corrected chi connectivity index (χ1v) is 12.9. The molecule has 0 saturated carbocycles. The minimum atomic E-state index is -3.61. The van der Waals surface area contributed by atoms with Crippen LogP contribution in [0.15, 0.2) is 71.2 Å². The average Bonchev–Trinajstić information content (AvgIpc) is 3.14. The summed E-state index contributed by atoms with van der Waals surface area (Å²) in [6.07, 6.45) is 1.62. The van der Waals surface area contributed by atoms with Crippen molar-refractivity contribution in [3.63, 3.8) is 0 Å². The average molecular weight is 500 g/mol. The number of carbonyl (C=O) groups excluding carboxylic acids is 2. The molecule has 0 aliphatic heterocycles. The third kappa shape index (κ3) is 6.78. The molecule has 0 radical (unpaired) electrons. The van der Waals surface area contributed by atoms with Gasteiger partial charge in [0.25, 0.3) is 0 Å². The highest BCUT2D eigenvalue weighted by Gasteiger charge is 2.21. The topological polar surface area (TPSA) is 123 Å². The number of hydrogen-bond acceptors (Lipinski definition) is 7. The Morgan fingerprint density at radius 2 is 1.65 bits per heavy atom. The van der Waals surface area contributed by atoms with Gasteiger partial charge in [-0.2, -0.15) is 0 Å². The van der Waals surface area contributed by atoms with Crippen molar-refractivity contribution >= 4 is 44.8 Å². The number of allylic oxidation sites excluding steroid dienone is 1. The molecule has 3 aromatic rings. The first kappa shape index (κ1) is 25.2. The molecule has 178 valence electrons. The van der Waals surface area contributed by atoms with E-state index in [2.05, 4.69) is 27.4 Å². The van der Waals surface area contributed by atoms with Crippen molar-refractivity contribution in [2.75, 3.05) is 16.4 Å². The summed E-state index contributed by atoms with van der Waals surface area (Å²) >= 11 is 1.15. The number of anilines is 2. The number of nitrogens with one attached hydrogen (secondary N) is 2. The molecule has 2 N–H and O–H groups in total. The lowest BCUT2D eigenvalue weighted by Gasteiger charge is -2.09. The zero-order chi connectivity index (χ0) is 24.7. The largest absolute Gasteiger partial charge is 0.326 e. The predicted molar refractivity (Wildman–Crippen MR) is 132 cm³/mol. The highest BCUT2D eigenvalue weighted by molar-refractivity contribution is 7.99. The van der Waals surface area contributed by atoms with E-state index in [1.165, 1.54) is 6.92 Å². The van der Waals surface area contributed by atoms with Gasteiger partial charge in [0.05, 0.1) is 10.6 Å². The summed E-state index contributed by atoms with van der Waals surface area (Å²) in [7, 11) is -3.61. The monoisotopic (exact) mass is 499 g/mol. The zero-order valence-electron chi connectivity index (χ0n) is 18.8. The Labute approximate surface area is 202 Å². The minimum Gasteiger partial charge on any atom is -0.326 e. The highest BCUT2D eigenvalue weighted by atomic mass is 32.2. The molecular weight excluding hydrogens is 474 g/mol. The van der Waals surface area contributed by atoms with E-state index in [1.54, 1.807) is 59.2 Å². The van der Waals surface area contributed by atoms with Gasteiger partial charge in [0.1, 0.15) is 11.6 Å². The Balaban J connectivity index is 1.66. The molecule has 0 fully saturated rings. The van der Waals surface area contributed by atoms with Gasteiger partial charge in [-0.15, -0.1) is 16.8 Å². The molecule has 0 spiro atoms. The first-order chi connectivity index (χ1) is 16.2. The summed E-state index contributed by atoms with van der Waals surface area (Å²) in [6, 6.07) is 13.4. The van der Waals surface area contributed by atoms with Crippen LogP contribution in [0, 0.1) is 6.92 Å². The quantitative estimate of drug-likeness (QED) is 0.324. The second-order valence-corrected chi connectivity index (χ2v) is 10.4. The normalized spacial score (nSPS) is 11.1. The lowest BCUT2D eigenvalue weighted by atomic mass is 10.2. The smallest absolute Gasteiger partial charge is 0.234 e. The summed E-state index contributed by atoms with van der Waals surface area (Å²) in [6.45, 7) is 7.33. The molecule has 1 heterocycles. The van der Waals surface area contributed by atoms with E-state index in [0.717, 1.165) is 17.3 Å². The number of sulfone groups is 1. The van der Waals surface area contributed by atoms with Crippen LogP contribution in [0.1, 0.15) is 18.3 Å². The van der Waals surface area contributed by atoms with Crippen molar-refractivity contribution in [3.8, 4) is 0 Å². The van der Waals surface area contributed by atoms with Crippen LogP contribution in [0.25, 0.3) is 0 Å². The van der Waals surface area contributed by atoms with Crippen molar-refractivity contribution in [2.45, 2.75) is 36.2 Å². The van der Waals surface area contributed by atoms with E-state index in [-0.39, 0.29) is 34.0 Å². The van der Waals surface area contributed by atoms with Gasteiger partial charge in [0.2, 0.25) is 11.8 Å². The number of amides is 2. The number of thioether (sulfide) groups is 1. The summed E-state index contributed by atoms with van der Waals surface area (Å²) in [5, 5.41) is 14.0. The van der Waals surface area contributed by atoms with Crippen LogP contribution in [0.5, 0.6) is 0 Å². The van der Waals surface area contributed by atoms with Crippen LogP contribution in [0.2, 0.25) is 0 Å². The molecule has 11 heteroatoms. The van der Waals surface area contributed by atoms with Crippen LogP contribution < -0.4 is 10.6 Å². The van der Waals surface area contributed by atoms with Gasteiger partial charge in [-0.1, -0.05) is 35.5 Å². The Kier molecular flexibility index (Phi) is 8.24. The van der Waals surface area contributed by atoms with Crippen LogP contribution in [0.4, 0.5) is 11.4 Å². The molecule has 2 amide bonds. The number of benzene rings is 2. The molecule has 0 aliphatic carbocycles. The van der Waals surface area contributed by atoms with Crippen molar-refractivity contribution in [3.05, 3.63) is 72.6 Å². The summed E-state index contributed by atoms with van der Waals surface area (Å²) < 4.78 is 27.3. The number of aromatic nitrogens is 3. The Morgan fingerprint density at radius 1 is 1.03 bits per heavy atom. The van der Waals surface area contributed by atoms with Crippen molar-refractivity contribution in [2.24, 2.45) is 0 Å². The standard InChI is InChI=1S/C23H25N5O4S2/c1-4-13-28-21(15-34(31,32)20-11-5-16(2)6-12-20)26-27-23(28)33-14-22(30)25-19-9-7-18(8-10-19)24-17(3)29/h4-12H,1,13-15H2,2-3H3,(H,24,29)(H,25,30). The predicted octanol–water partition coefficient (Wildman–Crippen LogP) is 3.44. The van der Waals surface area contributed by atoms with E-state index in [0.29, 0.717) is 23.1 Å². The van der Waals surface area contributed by atoms with Gasteiger partial charge in [-0.3, -0.25) is 9.59 Å². The summed E-state index contributed by atoms with van der Waals surface area (Å²) in [5.41, 5.74) is 2.18. The molecule has 0 aliphatic rings. The van der Waals surface area contributed by atoms with Gasteiger partial charge < -0.3 is 15.2 Å². The SMILES string of the molecule is C=CCn1c(CS(=O)(=O)c2ccc(C)cc2)nnc1SCC(=O)Nc1ccc(NC(C)=O)cc1. The molecule has 3 rings (SSSR count). The van der Waals surface area contributed by atoms with E-state index in [1.807, 2.05) is 6.92 Å². The molecule has 0 bridgehead atoms. The molecular formula is C23H25N5O4S2. The first-order valence-electron chi connectivity index (χ1n) is 10.3. The third-order valence-corrected chi connectivity index (χ3v) is 7.22. The highest BCUT2D eigenvalue weighted by Crippen LogP contribution is 2.22. The summed E-state index contributed by atoms with van der Waals surface area (Å²) in [4.78, 5) is 23.7. The fraction of sp³-hybridized carbons (Fsp3) is 0.217. The van der Waals surface area contributed by atoms with E-state index in [9.17, 15) is 18.0 Å². The maximum atomic E-state index is 12.8. The van der Waals surface area contributed by atoms with Crippen molar-refractivity contribution in [1.82, 2.24) is 14.8 Å². The molecule has 34 heavy (non-hydrogen) atoms. The number of hydrogen-bond donors (Lipinski definition) is 2. The van der Waals surface area contributed by atoms with Gasteiger partial charge in [-0.05, 0) is 43.3 Å². The van der Waals surface area contributed by atoms with Gasteiger partial charge in [0.15, 0.2) is 15.0 Å². The van der Waals surface area contributed by atoms with Crippen LogP contribution in [-0.2, 0) is 31.7 Å². The molecule has 2 aromatic carbocycles. The van der Waals surface area contributed by atoms with Crippen molar-refractivity contribution < 1.29 is 18.0 Å². The Morgan fingerprint density at radius 3 is 2.24 bits per heavy atom. The third-order valence-electron chi connectivity index (χ3n) is 4.63. The second kappa shape index (κ2) is 11.1. The number of rotatable bonds is 10.